The van der Waals surface area contributed by atoms with Gasteiger partial charge in [-0.15, -0.1) is 0 Å². The molecule has 636 valence electrons. The average Bonchev–Trinajstić information content (AvgIpc) is 0.905. The predicted molar refractivity (Wildman–Crippen MR) is 442 cm³/mol. The summed E-state index contributed by atoms with van der Waals surface area (Å²) in [5, 5.41) is 10.7. The SMILES string of the molecule is CCCCCCCCCCCCCCCCCCCCCCCCC(=O)O[C@H](COC(=O)CCCCCCCCCCCCCCCCCCC)COP(=O)(O)OC[C@@H](O)COP(=O)(O)OC[C@@H](COC(=O)CCCCCCCCCCCCCC)OC(=O)CCCCCCCCCCCCCCCC(C)C. The van der Waals surface area contributed by atoms with Gasteiger partial charge < -0.3 is 33.8 Å². The lowest BCUT2D eigenvalue weighted by atomic mass is 10.0. The van der Waals surface area contributed by atoms with Crippen LogP contribution in [0, 0.1) is 5.92 Å². The molecule has 0 fully saturated rings. The Labute approximate surface area is 658 Å². The standard InChI is InChI=1S/C88H172O17P2/c1-6-9-12-15-18-21-24-27-29-31-32-33-34-35-37-39-43-48-53-58-63-68-73-87(92)104-84(78-99-86(91)72-67-62-57-52-47-42-38-36-30-28-25-22-19-16-13-10-7-2)80-103-107(96,97)101-76-82(89)75-100-106(94,95)102-79-83(77-98-85(90)71-66-61-56-51-46-26-23-20-17-14-11-8-3)105-88(93)74-69-64-59-54-49-44-40-41-45-50-55-60-65-70-81(4)5/h81-84,89H,6-80H2,1-5H3,(H,94,95)(H,96,97)/t82-,83+,84+/m0/s1. The van der Waals surface area contributed by atoms with Crippen LogP contribution in [0.1, 0.15) is 478 Å². The molecular weight excluding hydrogens is 1390 g/mol. The lowest BCUT2D eigenvalue weighted by Crippen LogP contribution is -2.30. The van der Waals surface area contributed by atoms with Crippen molar-refractivity contribution >= 4 is 39.5 Å². The smallest absolute Gasteiger partial charge is 0.462 e. The number of hydrogen-bond donors (Lipinski definition) is 3. The first-order valence-electron chi connectivity index (χ1n) is 45.6. The molecule has 17 nitrogen and oxygen atoms in total. The van der Waals surface area contributed by atoms with Crippen LogP contribution < -0.4 is 0 Å². The van der Waals surface area contributed by atoms with Crippen LogP contribution >= 0.6 is 15.6 Å². The molecule has 0 aromatic rings. The van der Waals surface area contributed by atoms with E-state index in [-0.39, 0.29) is 25.7 Å². The largest absolute Gasteiger partial charge is 0.472 e. The Balaban J connectivity index is 5.24. The number of hydrogen-bond acceptors (Lipinski definition) is 15. The molecule has 0 aliphatic heterocycles. The summed E-state index contributed by atoms with van der Waals surface area (Å²) in [6.45, 7) is 7.39. The van der Waals surface area contributed by atoms with E-state index >= 15 is 0 Å². The van der Waals surface area contributed by atoms with E-state index in [0.29, 0.717) is 25.7 Å². The molecule has 0 saturated carbocycles. The molecule has 0 aliphatic carbocycles. The number of rotatable bonds is 88. The van der Waals surface area contributed by atoms with Gasteiger partial charge in [-0.25, -0.2) is 9.13 Å². The average molecular weight is 1560 g/mol. The van der Waals surface area contributed by atoms with Crippen LogP contribution in [0.2, 0.25) is 0 Å². The van der Waals surface area contributed by atoms with E-state index in [0.717, 1.165) is 95.8 Å². The molecule has 0 bridgehead atoms. The van der Waals surface area contributed by atoms with Crippen molar-refractivity contribution in [3.8, 4) is 0 Å². The molecule has 19 heteroatoms. The minimum atomic E-state index is -4.97. The van der Waals surface area contributed by atoms with Gasteiger partial charge in [0, 0.05) is 25.7 Å². The number of aliphatic hydroxyl groups excluding tert-OH is 1. The molecule has 107 heavy (non-hydrogen) atoms. The summed E-state index contributed by atoms with van der Waals surface area (Å²) in [6.07, 6.45) is 75.0. The Hall–Kier alpha value is -1.94. The van der Waals surface area contributed by atoms with Gasteiger partial charge in [0.15, 0.2) is 12.2 Å². The summed E-state index contributed by atoms with van der Waals surface area (Å²) in [5.41, 5.74) is 0. The van der Waals surface area contributed by atoms with Crippen LogP contribution in [-0.4, -0.2) is 96.7 Å². The molecule has 3 N–H and O–H groups in total. The van der Waals surface area contributed by atoms with Gasteiger partial charge in [0.2, 0.25) is 0 Å². The van der Waals surface area contributed by atoms with E-state index in [1.165, 1.54) is 302 Å². The highest BCUT2D eigenvalue weighted by Gasteiger charge is 2.30. The maximum Gasteiger partial charge on any atom is 0.472 e. The molecule has 0 aromatic heterocycles. The van der Waals surface area contributed by atoms with Crippen molar-refractivity contribution in [1.82, 2.24) is 0 Å². The first-order valence-corrected chi connectivity index (χ1v) is 48.6. The maximum absolute atomic E-state index is 13.2. The fraction of sp³-hybridized carbons (Fsp3) is 0.955. The summed E-state index contributed by atoms with van der Waals surface area (Å²) in [5.74, 6) is -1.31. The fourth-order valence-electron chi connectivity index (χ4n) is 13.8. The number of carbonyl (C=O) groups is 4. The van der Waals surface area contributed by atoms with Crippen molar-refractivity contribution < 1.29 is 80.2 Å². The molecule has 0 aliphatic rings. The Kier molecular flexibility index (Phi) is 79.2. The number of phosphoric ester groups is 2. The van der Waals surface area contributed by atoms with Crippen LogP contribution in [0.15, 0.2) is 0 Å². The van der Waals surface area contributed by atoms with Crippen molar-refractivity contribution in [2.24, 2.45) is 5.92 Å². The minimum Gasteiger partial charge on any atom is -0.462 e. The molecule has 5 atom stereocenters. The zero-order chi connectivity index (χ0) is 78.3. The second-order valence-electron chi connectivity index (χ2n) is 32.1. The number of ether oxygens (including phenoxy) is 4. The summed E-state index contributed by atoms with van der Waals surface area (Å²) in [6, 6.07) is 0. The van der Waals surface area contributed by atoms with Crippen molar-refractivity contribution in [3.05, 3.63) is 0 Å². The van der Waals surface area contributed by atoms with Crippen LogP contribution in [0.25, 0.3) is 0 Å². The molecule has 0 spiro atoms. The summed E-state index contributed by atoms with van der Waals surface area (Å²) in [4.78, 5) is 73.3. The van der Waals surface area contributed by atoms with Gasteiger partial charge in [0.1, 0.15) is 19.3 Å². The third-order valence-corrected chi connectivity index (χ3v) is 22.7. The zero-order valence-corrected chi connectivity index (χ0v) is 72.1. The third-order valence-electron chi connectivity index (χ3n) is 20.8. The molecular formula is C88H172O17P2. The van der Waals surface area contributed by atoms with Gasteiger partial charge in [-0.05, 0) is 31.6 Å². The zero-order valence-electron chi connectivity index (χ0n) is 70.3. The van der Waals surface area contributed by atoms with Gasteiger partial charge in [0.25, 0.3) is 0 Å². The Morgan fingerprint density at radius 2 is 0.430 bits per heavy atom. The highest BCUT2D eigenvalue weighted by molar-refractivity contribution is 7.47. The first-order chi connectivity index (χ1) is 52.0. The maximum atomic E-state index is 13.2. The lowest BCUT2D eigenvalue weighted by molar-refractivity contribution is -0.161. The van der Waals surface area contributed by atoms with Gasteiger partial charge in [-0.2, -0.15) is 0 Å². The number of unbranched alkanes of at least 4 members (excludes halogenated alkanes) is 60. The van der Waals surface area contributed by atoms with Gasteiger partial charge in [-0.1, -0.05) is 426 Å². The van der Waals surface area contributed by atoms with Gasteiger partial charge >= 0.3 is 39.5 Å². The molecule has 0 amide bonds. The van der Waals surface area contributed by atoms with Crippen LogP contribution in [0.5, 0.6) is 0 Å². The van der Waals surface area contributed by atoms with E-state index in [9.17, 15) is 43.2 Å². The fourth-order valence-corrected chi connectivity index (χ4v) is 15.4. The molecule has 2 unspecified atom stereocenters. The quantitative estimate of drug-likeness (QED) is 0.0222. The number of carbonyl (C=O) groups excluding carboxylic acids is 4. The molecule has 0 rings (SSSR count). The van der Waals surface area contributed by atoms with Crippen molar-refractivity contribution in [2.45, 2.75) is 496 Å². The molecule has 0 heterocycles. The lowest BCUT2D eigenvalue weighted by Gasteiger charge is -2.21. The minimum absolute atomic E-state index is 0.108. The Morgan fingerprint density at radius 1 is 0.252 bits per heavy atom. The van der Waals surface area contributed by atoms with Crippen LogP contribution in [0.3, 0.4) is 0 Å². The molecule has 0 radical (unpaired) electrons. The van der Waals surface area contributed by atoms with Crippen LogP contribution in [-0.2, 0) is 65.4 Å². The summed E-state index contributed by atoms with van der Waals surface area (Å²) in [7, 11) is -9.93. The molecule has 0 aromatic carbocycles. The highest BCUT2D eigenvalue weighted by Crippen LogP contribution is 2.45. The van der Waals surface area contributed by atoms with Crippen LogP contribution in [0.4, 0.5) is 0 Å². The van der Waals surface area contributed by atoms with E-state index in [4.69, 9.17) is 37.0 Å². The Bertz CT molecular complexity index is 2030. The number of aliphatic hydroxyl groups is 1. The van der Waals surface area contributed by atoms with Crippen molar-refractivity contribution in [2.75, 3.05) is 39.6 Å². The number of phosphoric acid groups is 2. The van der Waals surface area contributed by atoms with Gasteiger partial charge in [0.05, 0.1) is 26.4 Å². The first kappa shape index (κ1) is 105. The molecule has 0 saturated heterocycles. The van der Waals surface area contributed by atoms with E-state index in [1.54, 1.807) is 0 Å². The topological polar surface area (TPSA) is 237 Å². The third kappa shape index (κ3) is 81.9. The number of esters is 4. The van der Waals surface area contributed by atoms with Crippen molar-refractivity contribution in [3.63, 3.8) is 0 Å². The summed E-state index contributed by atoms with van der Waals surface area (Å²) < 4.78 is 69.0. The summed E-state index contributed by atoms with van der Waals surface area (Å²) >= 11 is 0. The second kappa shape index (κ2) is 80.7. The normalized spacial score (nSPS) is 13.7. The predicted octanol–water partition coefficient (Wildman–Crippen LogP) is 27.2. The van der Waals surface area contributed by atoms with Gasteiger partial charge in [-0.3, -0.25) is 37.3 Å². The van der Waals surface area contributed by atoms with E-state index in [2.05, 4.69) is 34.6 Å². The second-order valence-corrected chi connectivity index (χ2v) is 35.0. The monoisotopic (exact) mass is 1560 g/mol. The highest BCUT2D eigenvalue weighted by atomic mass is 31.2. The Morgan fingerprint density at radius 3 is 0.636 bits per heavy atom. The van der Waals surface area contributed by atoms with Crippen molar-refractivity contribution in [1.29, 1.82) is 0 Å². The van der Waals surface area contributed by atoms with E-state index in [1.807, 2.05) is 0 Å². The van der Waals surface area contributed by atoms with E-state index < -0.39 is 97.5 Å².